The maximum absolute atomic E-state index is 5.06. The molecule has 4 bridgehead atoms. The van der Waals surface area contributed by atoms with Crippen LogP contribution in [0.2, 0.25) is 0 Å². The number of benzene rings is 6. The Balaban J connectivity index is 1.08. The van der Waals surface area contributed by atoms with E-state index < -0.39 is 0 Å². The fraction of sp³-hybridized carbons (Fsp3) is 0.204. The number of anilines is 3. The molecule has 4 fully saturated rings. The van der Waals surface area contributed by atoms with E-state index in [4.69, 9.17) is 15.0 Å². The first-order valence-corrected chi connectivity index (χ1v) is 19.3. The molecular weight excluding hydrogens is 645 g/mol. The Kier molecular flexibility index (Phi) is 7.01. The standard InChI is InChI=1S/C49H40N4/c1-4-13-34(14-5-1)46-50-47(35-15-6-2-7-16-35)52-48(51-46)38-18-12-17-36(30-38)37-23-24-45-43(31-37)49(39-26-32-25-33(28-39)29-40(49)27-32)42-21-10-11-22-44(42)53(45)41-19-8-3-9-20-41/h1-24,30-33,39-40H,25-29H2. The summed E-state index contributed by atoms with van der Waals surface area (Å²) in [6, 6.07) is 56.9. The molecule has 6 aromatic carbocycles. The van der Waals surface area contributed by atoms with Crippen LogP contribution in [0, 0.1) is 23.7 Å². The monoisotopic (exact) mass is 684 g/mol. The van der Waals surface area contributed by atoms with Crippen molar-refractivity contribution in [1.29, 1.82) is 0 Å². The van der Waals surface area contributed by atoms with Crippen molar-refractivity contribution in [1.82, 2.24) is 15.0 Å². The highest BCUT2D eigenvalue weighted by Gasteiger charge is 2.61. The van der Waals surface area contributed by atoms with Gasteiger partial charge in [0.2, 0.25) is 0 Å². The second-order valence-corrected chi connectivity index (χ2v) is 15.7. The van der Waals surface area contributed by atoms with Crippen molar-refractivity contribution in [3.05, 3.63) is 169 Å². The molecule has 256 valence electrons. The Hall–Kier alpha value is -5.87. The Labute approximate surface area is 311 Å². The van der Waals surface area contributed by atoms with Crippen LogP contribution in [-0.2, 0) is 5.41 Å². The summed E-state index contributed by atoms with van der Waals surface area (Å²) in [4.78, 5) is 17.6. The molecule has 0 N–H and O–H groups in total. The molecule has 0 amide bonds. The predicted octanol–water partition coefficient (Wildman–Crippen LogP) is 12.1. The van der Waals surface area contributed by atoms with E-state index >= 15 is 0 Å². The van der Waals surface area contributed by atoms with Gasteiger partial charge >= 0.3 is 0 Å². The zero-order valence-electron chi connectivity index (χ0n) is 29.6. The number of rotatable bonds is 5. The van der Waals surface area contributed by atoms with E-state index in [0.29, 0.717) is 29.3 Å². The summed E-state index contributed by atoms with van der Waals surface area (Å²) in [7, 11) is 0. The van der Waals surface area contributed by atoms with E-state index in [-0.39, 0.29) is 5.41 Å². The van der Waals surface area contributed by atoms with Crippen molar-refractivity contribution in [3.63, 3.8) is 0 Å². The Morgan fingerprint density at radius 3 is 1.53 bits per heavy atom. The highest BCUT2D eigenvalue weighted by Crippen LogP contribution is 2.69. The van der Waals surface area contributed by atoms with Crippen molar-refractivity contribution < 1.29 is 0 Å². The number of aromatic nitrogens is 3. The van der Waals surface area contributed by atoms with Crippen LogP contribution in [0.15, 0.2) is 158 Å². The largest absolute Gasteiger partial charge is 0.310 e. The van der Waals surface area contributed by atoms with Crippen LogP contribution in [0.25, 0.3) is 45.3 Å². The van der Waals surface area contributed by atoms with Crippen LogP contribution in [0.5, 0.6) is 0 Å². The van der Waals surface area contributed by atoms with Gasteiger partial charge in [0.25, 0.3) is 0 Å². The van der Waals surface area contributed by atoms with Crippen LogP contribution >= 0.6 is 0 Å². The SMILES string of the molecule is c1ccc(-c2nc(-c3ccccc3)nc(-c3cccc(-c4ccc5c(c4)C4(c6ccccc6N5c5ccccc5)C5CC6CC(C5)CC4C6)c3)n2)cc1. The third kappa shape index (κ3) is 4.85. The molecule has 1 aromatic heterocycles. The second-order valence-electron chi connectivity index (χ2n) is 15.7. The van der Waals surface area contributed by atoms with Crippen LogP contribution in [0.3, 0.4) is 0 Å². The molecule has 1 spiro atoms. The molecule has 0 unspecified atom stereocenters. The van der Waals surface area contributed by atoms with E-state index in [9.17, 15) is 0 Å². The summed E-state index contributed by atoms with van der Waals surface area (Å²) in [6.07, 6.45) is 6.82. The fourth-order valence-corrected chi connectivity index (χ4v) is 11.0. The topological polar surface area (TPSA) is 41.9 Å². The molecule has 1 aliphatic heterocycles. The van der Waals surface area contributed by atoms with E-state index in [1.165, 1.54) is 71.4 Å². The smallest absolute Gasteiger partial charge is 0.164 e. The van der Waals surface area contributed by atoms with Crippen LogP contribution in [0.4, 0.5) is 17.1 Å². The molecule has 0 radical (unpaired) electrons. The highest BCUT2D eigenvalue weighted by atomic mass is 15.2. The fourth-order valence-electron chi connectivity index (χ4n) is 11.0. The Bertz CT molecular complexity index is 2390. The summed E-state index contributed by atoms with van der Waals surface area (Å²) < 4.78 is 0. The molecule has 4 aliphatic carbocycles. The van der Waals surface area contributed by atoms with Crippen molar-refractivity contribution in [3.8, 4) is 45.3 Å². The van der Waals surface area contributed by atoms with Crippen molar-refractivity contribution in [2.75, 3.05) is 4.90 Å². The van der Waals surface area contributed by atoms with Gasteiger partial charge in [-0.3, -0.25) is 0 Å². The van der Waals surface area contributed by atoms with Gasteiger partial charge in [-0.15, -0.1) is 0 Å². The first-order chi connectivity index (χ1) is 26.2. The van der Waals surface area contributed by atoms with E-state index in [1.807, 2.05) is 36.4 Å². The van der Waals surface area contributed by atoms with Gasteiger partial charge in [0, 0.05) is 27.8 Å². The number of fused-ring (bicyclic) bond motifs is 2. The average molecular weight is 685 g/mol. The maximum atomic E-state index is 5.06. The van der Waals surface area contributed by atoms with Gasteiger partial charge in [0.05, 0.1) is 11.4 Å². The van der Waals surface area contributed by atoms with Gasteiger partial charge in [-0.05, 0) is 114 Å². The summed E-state index contributed by atoms with van der Waals surface area (Å²) >= 11 is 0. The lowest BCUT2D eigenvalue weighted by molar-refractivity contribution is -0.0419. The van der Waals surface area contributed by atoms with Gasteiger partial charge in [-0.2, -0.15) is 0 Å². The quantitative estimate of drug-likeness (QED) is 0.181. The lowest BCUT2D eigenvalue weighted by Gasteiger charge is -2.64. The molecule has 0 atom stereocenters. The maximum Gasteiger partial charge on any atom is 0.164 e. The third-order valence-electron chi connectivity index (χ3n) is 12.9. The average Bonchev–Trinajstić information content (AvgIpc) is 3.22. The molecule has 12 rings (SSSR count). The molecule has 4 saturated carbocycles. The van der Waals surface area contributed by atoms with Crippen LogP contribution in [0.1, 0.15) is 43.2 Å². The molecule has 5 aliphatic rings. The minimum absolute atomic E-state index is 0.0155. The second kappa shape index (κ2) is 12.1. The molecule has 4 heteroatoms. The normalized spacial score (nSPS) is 23.5. The van der Waals surface area contributed by atoms with Gasteiger partial charge < -0.3 is 4.90 Å². The summed E-state index contributed by atoms with van der Waals surface area (Å²) in [5, 5.41) is 0. The molecular formula is C49H40N4. The number of hydrogen-bond donors (Lipinski definition) is 0. The molecule has 2 heterocycles. The summed E-state index contributed by atoms with van der Waals surface area (Å²) in [5.74, 6) is 5.13. The lowest BCUT2D eigenvalue weighted by Crippen LogP contribution is -2.57. The molecule has 7 aromatic rings. The van der Waals surface area contributed by atoms with Crippen molar-refractivity contribution in [2.45, 2.75) is 37.5 Å². The van der Waals surface area contributed by atoms with E-state index in [1.54, 1.807) is 0 Å². The number of para-hydroxylation sites is 2. The van der Waals surface area contributed by atoms with Gasteiger partial charge in [0.1, 0.15) is 0 Å². The summed E-state index contributed by atoms with van der Waals surface area (Å²) in [5.41, 5.74) is 12.3. The number of nitrogens with zero attached hydrogens (tertiary/aromatic N) is 4. The molecule has 53 heavy (non-hydrogen) atoms. The number of hydrogen-bond acceptors (Lipinski definition) is 4. The highest BCUT2D eigenvalue weighted by molar-refractivity contribution is 5.88. The van der Waals surface area contributed by atoms with E-state index in [0.717, 1.165) is 28.5 Å². The van der Waals surface area contributed by atoms with Gasteiger partial charge in [-0.1, -0.05) is 121 Å². The molecule has 0 saturated heterocycles. The van der Waals surface area contributed by atoms with Gasteiger partial charge in [0.15, 0.2) is 17.5 Å². The first kappa shape index (κ1) is 30.7. The summed E-state index contributed by atoms with van der Waals surface area (Å²) in [6.45, 7) is 0. The van der Waals surface area contributed by atoms with Gasteiger partial charge in [-0.25, -0.2) is 15.0 Å². The minimum atomic E-state index is 0.0155. The lowest BCUT2D eigenvalue weighted by atomic mass is 9.41. The Morgan fingerprint density at radius 2 is 0.887 bits per heavy atom. The zero-order chi connectivity index (χ0) is 34.9. The van der Waals surface area contributed by atoms with Crippen LogP contribution in [-0.4, -0.2) is 15.0 Å². The Morgan fingerprint density at radius 1 is 0.396 bits per heavy atom. The minimum Gasteiger partial charge on any atom is -0.310 e. The van der Waals surface area contributed by atoms with Crippen molar-refractivity contribution >= 4 is 17.1 Å². The zero-order valence-corrected chi connectivity index (χ0v) is 29.6. The third-order valence-corrected chi connectivity index (χ3v) is 12.9. The van der Waals surface area contributed by atoms with Crippen molar-refractivity contribution in [2.24, 2.45) is 23.7 Å². The van der Waals surface area contributed by atoms with Crippen LogP contribution < -0.4 is 4.90 Å². The predicted molar refractivity (Wildman–Crippen MR) is 214 cm³/mol. The molecule has 4 nitrogen and oxygen atoms in total. The first-order valence-electron chi connectivity index (χ1n) is 19.3. The van der Waals surface area contributed by atoms with E-state index in [2.05, 4.69) is 126 Å².